The van der Waals surface area contributed by atoms with E-state index in [0.717, 1.165) is 32.5 Å². The molecule has 7 heteroatoms. The number of amides is 2. The van der Waals surface area contributed by atoms with Crippen molar-refractivity contribution in [2.75, 3.05) is 18.1 Å². The third-order valence-corrected chi connectivity index (χ3v) is 5.52. The summed E-state index contributed by atoms with van der Waals surface area (Å²) in [5, 5.41) is 4.48. The van der Waals surface area contributed by atoms with Gasteiger partial charge in [0.1, 0.15) is 6.04 Å². The van der Waals surface area contributed by atoms with Crippen LogP contribution in [0.15, 0.2) is 65.7 Å². The van der Waals surface area contributed by atoms with E-state index in [1.54, 1.807) is 6.92 Å². The maximum Gasteiger partial charge on any atom is 0.288 e. The number of para-hydroxylation sites is 1. The molecule has 1 saturated heterocycles. The first-order valence-electron chi connectivity index (χ1n) is 10.4. The number of nitrogens with one attached hydrogen (secondary N) is 2. The van der Waals surface area contributed by atoms with Crippen LogP contribution in [-0.2, 0) is 16.1 Å². The lowest BCUT2D eigenvalue weighted by molar-refractivity contribution is -0.120. The number of benzene rings is 2. The monoisotopic (exact) mass is 405 g/mol. The minimum absolute atomic E-state index is 0.104. The Kier molecular flexibility index (Phi) is 6.09. The lowest BCUT2D eigenvalue weighted by atomic mass is 10.0. The van der Waals surface area contributed by atoms with Crippen molar-refractivity contribution in [3.8, 4) is 0 Å². The van der Waals surface area contributed by atoms with E-state index in [-0.39, 0.29) is 23.7 Å². The van der Waals surface area contributed by atoms with Crippen LogP contribution in [0.3, 0.4) is 0 Å². The molecule has 1 atom stereocenters. The van der Waals surface area contributed by atoms with Gasteiger partial charge in [-0.2, -0.15) is 0 Å². The zero-order valence-electron chi connectivity index (χ0n) is 17.1. The predicted octanol–water partition coefficient (Wildman–Crippen LogP) is 2.11. The van der Waals surface area contributed by atoms with Crippen LogP contribution in [0.25, 0.3) is 0 Å². The van der Waals surface area contributed by atoms with E-state index < -0.39 is 6.04 Å². The lowest BCUT2D eigenvalue weighted by Gasteiger charge is -2.34. The van der Waals surface area contributed by atoms with Crippen molar-refractivity contribution in [1.29, 1.82) is 0 Å². The minimum Gasteiger partial charge on any atom is -0.347 e. The molecular weight excluding hydrogens is 378 g/mol. The number of hydrogen-bond donors (Lipinski definition) is 2. The second-order valence-corrected chi connectivity index (χ2v) is 7.78. The molecule has 2 aliphatic rings. The van der Waals surface area contributed by atoms with Crippen molar-refractivity contribution in [1.82, 2.24) is 15.6 Å². The number of hydrazine groups is 1. The fourth-order valence-corrected chi connectivity index (χ4v) is 3.83. The molecule has 2 amide bonds. The summed E-state index contributed by atoms with van der Waals surface area (Å²) in [5.41, 5.74) is 4.88. The molecule has 0 spiro atoms. The van der Waals surface area contributed by atoms with Gasteiger partial charge in [-0.1, -0.05) is 48.5 Å². The van der Waals surface area contributed by atoms with E-state index in [9.17, 15) is 9.59 Å². The quantitative estimate of drug-likeness (QED) is 0.799. The van der Waals surface area contributed by atoms with Crippen molar-refractivity contribution >= 4 is 23.3 Å². The Morgan fingerprint density at radius 2 is 1.70 bits per heavy atom. The van der Waals surface area contributed by atoms with Crippen molar-refractivity contribution < 1.29 is 9.59 Å². The topological polar surface area (TPSA) is 77.0 Å². The summed E-state index contributed by atoms with van der Waals surface area (Å²) in [6.45, 7) is 4.51. The number of hydrogen-bond acceptors (Lipinski definition) is 5. The van der Waals surface area contributed by atoms with E-state index >= 15 is 0 Å². The fraction of sp³-hybridized carbons (Fsp3) is 0.348. The first-order chi connectivity index (χ1) is 14.6. The standard InChI is InChI=1S/C23H27N5O2/c1-17-23(30)28(20-10-6-3-7-11-20)26-21(24-17)22(29)25-19-12-14-27(15-13-19)16-18-8-4-2-5-9-18/h2-11,17,19H,12-16H2,1H3,(H,24,26)(H,25,29)/t17-/m1/s1. The summed E-state index contributed by atoms with van der Waals surface area (Å²) >= 11 is 0. The molecule has 2 aromatic rings. The SMILES string of the molecule is C[C@H]1N=C(C(=O)NC2CCN(Cc3ccccc3)CC2)NN(c2ccccc2)C1=O. The highest BCUT2D eigenvalue weighted by molar-refractivity contribution is 6.39. The Morgan fingerprint density at radius 3 is 2.37 bits per heavy atom. The number of piperidine rings is 1. The number of carbonyl (C=O) groups excluding carboxylic acids is 2. The van der Waals surface area contributed by atoms with Gasteiger partial charge in [-0.05, 0) is 37.5 Å². The predicted molar refractivity (Wildman–Crippen MR) is 117 cm³/mol. The van der Waals surface area contributed by atoms with Gasteiger partial charge >= 0.3 is 0 Å². The molecule has 0 radical (unpaired) electrons. The molecule has 7 nitrogen and oxygen atoms in total. The van der Waals surface area contributed by atoms with Gasteiger partial charge in [0, 0.05) is 25.7 Å². The van der Waals surface area contributed by atoms with Crippen molar-refractivity contribution in [3.63, 3.8) is 0 Å². The Morgan fingerprint density at radius 1 is 1.07 bits per heavy atom. The van der Waals surface area contributed by atoms with Gasteiger partial charge in [0.25, 0.3) is 11.8 Å². The summed E-state index contributed by atoms with van der Waals surface area (Å²) in [6, 6.07) is 19.1. The maximum atomic E-state index is 12.8. The molecule has 0 aliphatic carbocycles. The number of carbonyl (C=O) groups is 2. The molecule has 1 fully saturated rings. The van der Waals surface area contributed by atoms with Crippen molar-refractivity contribution in [3.05, 3.63) is 66.2 Å². The minimum atomic E-state index is -0.611. The lowest BCUT2D eigenvalue weighted by Crippen LogP contribution is -2.59. The molecule has 156 valence electrons. The first-order valence-corrected chi connectivity index (χ1v) is 10.4. The fourth-order valence-electron chi connectivity index (χ4n) is 3.83. The maximum absolute atomic E-state index is 12.8. The average Bonchev–Trinajstić information content (AvgIpc) is 2.78. The van der Waals surface area contributed by atoms with Gasteiger partial charge in [0.15, 0.2) is 0 Å². The molecule has 0 unspecified atom stereocenters. The molecule has 0 aromatic heterocycles. The summed E-state index contributed by atoms with van der Waals surface area (Å²) < 4.78 is 0. The molecule has 2 aliphatic heterocycles. The molecule has 2 aromatic carbocycles. The number of likely N-dealkylation sites (tertiary alicyclic amines) is 1. The van der Waals surface area contributed by atoms with Crippen molar-refractivity contribution in [2.45, 2.75) is 38.4 Å². The summed E-state index contributed by atoms with van der Waals surface area (Å²) in [5.74, 6) is -0.276. The van der Waals surface area contributed by atoms with Crippen LogP contribution < -0.4 is 15.8 Å². The molecular formula is C23H27N5O2. The summed E-state index contributed by atoms with van der Waals surface area (Å²) in [7, 11) is 0. The number of aliphatic imine (C=N–C) groups is 1. The number of anilines is 1. The first kappa shape index (κ1) is 20.1. The molecule has 2 heterocycles. The second-order valence-electron chi connectivity index (χ2n) is 7.78. The van der Waals surface area contributed by atoms with E-state index in [2.05, 4.69) is 44.9 Å². The van der Waals surface area contributed by atoms with Gasteiger partial charge in [0.05, 0.1) is 5.69 Å². The van der Waals surface area contributed by atoms with E-state index in [1.807, 2.05) is 36.4 Å². The number of rotatable bonds is 5. The molecule has 4 rings (SSSR count). The highest BCUT2D eigenvalue weighted by Crippen LogP contribution is 2.17. The van der Waals surface area contributed by atoms with Crippen LogP contribution in [0.2, 0.25) is 0 Å². The highest BCUT2D eigenvalue weighted by Gasteiger charge is 2.31. The summed E-state index contributed by atoms with van der Waals surface area (Å²) in [6.07, 6.45) is 1.78. The molecule has 0 saturated carbocycles. The average molecular weight is 406 g/mol. The van der Waals surface area contributed by atoms with Gasteiger partial charge < -0.3 is 5.32 Å². The van der Waals surface area contributed by atoms with E-state index in [4.69, 9.17) is 0 Å². The van der Waals surface area contributed by atoms with Gasteiger partial charge in [0.2, 0.25) is 5.84 Å². The third kappa shape index (κ3) is 4.68. The third-order valence-electron chi connectivity index (χ3n) is 5.52. The van der Waals surface area contributed by atoms with E-state index in [1.165, 1.54) is 10.6 Å². The largest absolute Gasteiger partial charge is 0.347 e. The second kappa shape index (κ2) is 9.09. The Balaban J connectivity index is 1.33. The molecule has 2 N–H and O–H groups in total. The van der Waals surface area contributed by atoms with Crippen molar-refractivity contribution in [2.24, 2.45) is 4.99 Å². The summed E-state index contributed by atoms with van der Waals surface area (Å²) in [4.78, 5) is 32.0. The number of nitrogens with zero attached hydrogens (tertiary/aromatic N) is 3. The molecule has 30 heavy (non-hydrogen) atoms. The Hall–Kier alpha value is -3.19. The zero-order valence-corrected chi connectivity index (χ0v) is 17.1. The van der Waals surface area contributed by atoms with Crippen LogP contribution >= 0.6 is 0 Å². The highest BCUT2D eigenvalue weighted by atomic mass is 16.2. The van der Waals surface area contributed by atoms with Crippen LogP contribution in [-0.4, -0.2) is 47.7 Å². The van der Waals surface area contributed by atoms with Gasteiger partial charge in [-0.25, -0.2) is 10.0 Å². The van der Waals surface area contributed by atoms with Crippen LogP contribution in [0.1, 0.15) is 25.3 Å². The number of amidine groups is 1. The zero-order chi connectivity index (χ0) is 20.9. The van der Waals surface area contributed by atoms with Crippen LogP contribution in [0, 0.1) is 0 Å². The Labute approximate surface area is 176 Å². The van der Waals surface area contributed by atoms with Gasteiger partial charge in [-0.15, -0.1) is 0 Å². The normalized spacial score (nSPS) is 20.4. The Bertz CT molecular complexity index is 908. The molecule has 0 bridgehead atoms. The smallest absolute Gasteiger partial charge is 0.288 e. The van der Waals surface area contributed by atoms with Gasteiger partial charge in [-0.3, -0.25) is 19.9 Å². The van der Waals surface area contributed by atoms with E-state index in [0.29, 0.717) is 5.69 Å². The van der Waals surface area contributed by atoms with Crippen LogP contribution in [0.5, 0.6) is 0 Å². The van der Waals surface area contributed by atoms with Crippen LogP contribution in [0.4, 0.5) is 5.69 Å².